The summed E-state index contributed by atoms with van der Waals surface area (Å²) in [6.07, 6.45) is 1.40. The van der Waals surface area contributed by atoms with Gasteiger partial charge in [-0.25, -0.2) is 0 Å². The number of nitrogens with zero attached hydrogens (tertiary/aromatic N) is 1. The average molecular weight is 382 g/mol. The van der Waals surface area contributed by atoms with Gasteiger partial charge in [-0.15, -0.1) is 0 Å². The van der Waals surface area contributed by atoms with Crippen LogP contribution in [0.15, 0.2) is 42.5 Å². The van der Waals surface area contributed by atoms with E-state index in [-0.39, 0.29) is 12.7 Å². The van der Waals surface area contributed by atoms with Crippen molar-refractivity contribution >= 4 is 5.91 Å². The summed E-state index contributed by atoms with van der Waals surface area (Å²) in [6, 6.07) is 13.4. The predicted octanol–water partition coefficient (Wildman–Crippen LogP) is 2.44. The molecular formula is C22H26N2O4. The maximum atomic E-state index is 12.3. The Morgan fingerprint density at radius 1 is 1.11 bits per heavy atom. The van der Waals surface area contributed by atoms with E-state index < -0.39 is 5.60 Å². The number of amides is 1. The number of carbonyl (C=O) groups excluding carboxylic acids is 1. The molecule has 0 saturated carbocycles. The van der Waals surface area contributed by atoms with Crippen LogP contribution in [-0.2, 0) is 5.60 Å². The Kier molecular flexibility index (Phi) is 5.24. The number of ether oxygens (including phenoxy) is 2. The summed E-state index contributed by atoms with van der Waals surface area (Å²) < 4.78 is 10.6. The van der Waals surface area contributed by atoms with Gasteiger partial charge in [0.1, 0.15) is 0 Å². The molecule has 2 aromatic rings. The summed E-state index contributed by atoms with van der Waals surface area (Å²) in [5.74, 6) is 1.16. The lowest BCUT2D eigenvalue weighted by atomic mass is 9.84. The summed E-state index contributed by atoms with van der Waals surface area (Å²) in [4.78, 5) is 14.6. The first-order valence-electron chi connectivity index (χ1n) is 9.73. The van der Waals surface area contributed by atoms with Crippen molar-refractivity contribution in [1.29, 1.82) is 0 Å². The average Bonchev–Trinajstić information content (AvgIpc) is 3.18. The highest BCUT2D eigenvalue weighted by molar-refractivity contribution is 5.94. The number of rotatable bonds is 5. The quantitative estimate of drug-likeness (QED) is 0.831. The molecule has 0 atom stereocenters. The van der Waals surface area contributed by atoms with Crippen LogP contribution in [0, 0.1) is 6.92 Å². The summed E-state index contributed by atoms with van der Waals surface area (Å²) in [7, 11) is 0. The number of hydrogen-bond donors (Lipinski definition) is 2. The largest absolute Gasteiger partial charge is 0.454 e. The second-order valence-electron chi connectivity index (χ2n) is 7.56. The Morgan fingerprint density at radius 3 is 2.57 bits per heavy atom. The van der Waals surface area contributed by atoms with Gasteiger partial charge in [-0.05, 0) is 43.5 Å². The number of fused-ring (bicyclic) bond motifs is 1. The zero-order chi connectivity index (χ0) is 19.6. The number of aryl methyl sites for hydroxylation is 1. The Labute approximate surface area is 165 Å². The SMILES string of the molecule is Cc1ccc(C2(O)CCN(CCNC(=O)c3ccc4c(c3)OCO4)CC2)cc1. The molecule has 4 rings (SSSR count). The first-order chi connectivity index (χ1) is 13.5. The van der Waals surface area contributed by atoms with E-state index in [9.17, 15) is 9.90 Å². The molecular weight excluding hydrogens is 356 g/mol. The van der Waals surface area contributed by atoms with Crippen molar-refractivity contribution < 1.29 is 19.4 Å². The Balaban J connectivity index is 1.24. The topological polar surface area (TPSA) is 71.0 Å². The molecule has 2 aliphatic rings. The summed E-state index contributed by atoms with van der Waals surface area (Å²) in [6.45, 7) is 5.20. The molecule has 0 aliphatic carbocycles. The number of benzene rings is 2. The van der Waals surface area contributed by atoms with Gasteiger partial charge in [0.05, 0.1) is 5.60 Å². The zero-order valence-electron chi connectivity index (χ0n) is 16.1. The van der Waals surface area contributed by atoms with Crippen LogP contribution in [0.5, 0.6) is 11.5 Å². The highest BCUT2D eigenvalue weighted by atomic mass is 16.7. The van der Waals surface area contributed by atoms with Crippen molar-refractivity contribution in [2.75, 3.05) is 33.0 Å². The van der Waals surface area contributed by atoms with Gasteiger partial charge in [0, 0.05) is 31.7 Å². The molecule has 0 aromatic heterocycles. The van der Waals surface area contributed by atoms with Gasteiger partial charge in [-0.3, -0.25) is 4.79 Å². The molecule has 148 valence electrons. The van der Waals surface area contributed by atoms with Crippen LogP contribution in [0.1, 0.15) is 34.3 Å². The summed E-state index contributed by atoms with van der Waals surface area (Å²) in [5, 5.41) is 13.9. The van der Waals surface area contributed by atoms with E-state index in [1.165, 1.54) is 5.56 Å². The lowest BCUT2D eigenvalue weighted by Gasteiger charge is -2.38. The second-order valence-corrected chi connectivity index (χ2v) is 7.56. The predicted molar refractivity (Wildman–Crippen MR) is 106 cm³/mol. The number of hydrogen-bond acceptors (Lipinski definition) is 5. The van der Waals surface area contributed by atoms with E-state index in [2.05, 4.69) is 10.2 Å². The first-order valence-corrected chi connectivity index (χ1v) is 9.73. The molecule has 2 heterocycles. The van der Waals surface area contributed by atoms with Crippen LogP contribution in [0.2, 0.25) is 0 Å². The van der Waals surface area contributed by atoms with Gasteiger partial charge in [0.15, 0.2) is 11.5 Å². The molecule has 1 saturated heterocycles. The maximum Gasteiger partial charge on any atom is 0.251 e. The minimum atomic E-state index is -0.750. The van der Waals surface area contributed by atoms with Crippen LogP contribution >= 0.6 is 0 Å². The van der Waals surface area contributed by atoms with Crippen LogP contribution in [0.4, 0.5) is 0 Å². The summed E-state index contributed by atoms with van der Waals surface area (Å²) >= 11 is 0. The van der Waals surface area contributed by atoms with Gasteiger partial charge in [-0.2, -0.15) is 0 Å². The molecule has 28 heavy (non-hydrogen) atoms. The molecule has 6 nitrogen and oxygen atoms in total. The first kappa shape index (κ1) is 18.8. The molecule has 0 spiro atoms. The molecule has 1 amide bonds. The van der Waals surface area contributed by atoms with E-state index in [1.54, 1.807) is 18.2 Å². The Hall–Kier alpha value is -2.57. The number of aliphatic hydroxyl groups is 1. The third-order valence-corrected chi connectivity index (χ3v) is 5.62. The standard InChI is InChI=1S/C22H26N2O4/c1-16-2-5-18(6-3-16)22(26)8-11-24(12-9-22)13-10-23-21(25)17-4-7-19-20(14-17)28-15-27-19/h2-7,14,26H,8-13,15H2,1H3,(H,23,25). The van der Waals surface area contributed by atoms with E-state index in [4.69, 9.17) is 9.47 Å². The van der Waals surface area contributed by atoms with E-state index in [1.807, 2.05) is 31.2 Å². The second kappa shape index (κ2) is 7.81. The minimum Gasteiger partial charge on any atom is -0.454 e. The maximum absolute atomic E-state index is 12.3. The van der Waals surface area contributed by atoms with Gasteiger partial charge < -0.3 is 24.8 Å². The smallest absolute Gasteiger partial charge is 0.251 e. The lowest BCUT2D eigenvalue weighted by Crippen LogP contribution is -2.45. The van der Waals surface area contributed by atoms with Crippen molar-refractivity contribution in [3.05, 3.63) is 59.2 Å². The van der Waals surface area contributed by atoms with Crippen molar-refractivity contribution in [3.63, 3.8) is 0 Å². The third kappa shape index (κ3) is 3.98. The van der Waals surface area contributed by atoms with Crippen molar-refractivity contribution in [2.24, 2.45) is 0 Å². The Bertz CT molecular complexity index is 842. The van der Waals surface area contributed by atoms with Crippen LogP contribution < -0.4 is 14.8 Å². The van der Waals surface area contributed by atoms with E-state index in [0.29, 0.717) is 36.4 Å². The molecule has 1 fully saturated rings. The number of piperidine rings is 1. The fraction of sp³-hybridized carbons (Fsp3) is 0.409. The normalized spacial score (nSPS) is 18.1. The third-order valence-electron chi connectivity index (χ3n) is 5.62. The minimum absolute atomic E-state index is 0.119. The summed E-state index contributed by atoms with van der Waals surface area (Å²) in [5.41, 5.74) is 2.01. The molecule has 6 heteroatoms. The molecule has 0 bridgehead atoms. The highest BCUT2D eigenvalue weighted by Crippen LogP contribution is 2.33. The van der Waals surface area contributed by atoms with Crippen LogP contribution in [-0.4, -0.2) is 48.9 Å². The zero-order valence-corrected chi connectivity index (χ0v) is 16.1. The lowest BCUT2D eigenvalue weighted by molar-refractivity contribution is -0.0255. The van der Waals surface area contributed by atoms with Crippen molar-refractivity contribution in [1.82, 2.24) is 10.2 Å². The van der Waals surface area contributed by atoms with Crippen molar-refractivity contribution in [2.45, 2.75) is 25.4 Å². The van der Waals surface area contributed by atoms with Crippen LogP contribution in [0.25, 0.3) is 0 Å². The fourth-order valence-electron chi connectivity index (χ4n) is 3.77. The number of carbonyl (C=O) groups is 1. The van der Waals surface area contributed by atoms with Gasteiger partial charge in [0.2, 0.25) is 6.79 Å². The number of likely N-dealkylation sites (tertiary alicyclic amines) is 1. The Morgan fingerprint density at radius 2 is 1.82 bits per heavy atom. The molecule has 0 unspecified atom stereocenters. The number of nitrogens with one attached hydrogen (secondary N) is 1. The van der Waals surface area contributed by atoms with Crippen LogP contribution in [0.3, 0.4) is 0 Å². The molecule has 0 radical (unpaired) electrons. The highest BCUT2D eigenvalue weighted by Gasteiger charge is 2.33. The molecule has 2 aromatic carbocycles. The van der Waals surface area contributed by atoms with Gasteiger partial charge in [-0.1, -0.05) is 29.8 Å². The molecule has 2 aliphatic heterocycles. The van der Waals surface area contributed by atoms with Gasteiger partial charge >= 0.3 is 0 Å². The fourth-order valence-corrected chi connectivity index (χ4v) is 3.77. The monoisotopic (exact) mass is 382 g/mol. The van der Waals surface area contributed by atoms with E-state index >= 15 is 0 Å². The van der Waals surface area contributed by atoms with Crippen molar-refractivity contribution in [3.8, 4) is 11.5 Å². The van der Waals surface area contributed by atoms with E-state index in [0.717, 1.165) is 25.2 Å². The molecule has 2 N–H and O–H groups in total. The van der Waals surface area contributed by atoms with Gasteiger partial charge in [0.25, 0.3) is 5.91 Å².